The molecular formula is C4H2F8O3. The van der Waals surface area contributed by atoms with Gasteiger partial charge in [-0.3, -0.25) is 4.74 Å². The van der Waals surface area contributed by atoms with E-state index in [-0.39, 0.29) is 0 Å². The van der Waals surface area contributed by atoms with Crippen LogP contribution < -0.4 is 0 Å². The third-order valence-electron chi connectivity index (χ3n) is 0.911. The van der Waals surface area contributed by atoms with Crippen molar-refractivity contribution in [3.05, 3.63) is 0 Å². The highest BCUT2D eigenvalue weighted by molar-refractivity contribution is 4.66. The fraction of sp³-hybridized carbons (Fsp3) is 1.00. The predicted molar refractivity (Wildman–Crippen MR) is 25.2 cm³/mol. The minimum absolute atomic E-state index is 1.53. The van der Waals surface area contributed by atoms with Crippen LogP contribution in [-0.2, 0) is 14.4 Å². The summed E-state index contributed by atoms with van der Waals surface area (Å²) in [6.07, 6.45) is -17.3. The van der Waals surface area contributed by atoms with Crippen LogP contribution in [0, 0.1) is 0 Å². The van der Waals surface area contributed by atoms with Crippen molar-refractivity contribution in [3.8, 4) is 0 Å². The minimum Gasteiger partial charge on any atom is -0.281 e. The highest BCUT2D eigenvalue weighted by atomic mass is 19.4. The number of halogens is 8. The van der Waals surface area contributed by atoms with E-state index in [2.05, 4.69) is 4.74 Å². The molecule has 0 saturated carbocycles. The maximum atomic E-state index is 12.1. The third kappa shape index (κ3) is 3.76. The van der Waals surface area contributed by atoms with Crippen LogP contribution >= 0.6 is 0 Å². The summed E-state index contributed by atoms with van der Waals surface area (Å²) in [5.74, 6) is 0. The number of hydrogen-bond acceptors (Lipinski definition) is 3. The van der Waals surface area contributed by atoms with E-state index >= 15 is 0 Å². The van der Waals surface area contributed by atoms with Crippen LogP contribution in [0.15, 0.2) is 0 Å². The molecule has 0 aromatic heterocycles. The van der Waals surface area contributed by atoms with Crippen molar-refractivity contribution in [1.29, 1.82) is 0 Å². The first-order valence-corrected chi connectivity index (χ1v) is 2.91. The van der Waals surface area contributed by atoms with Gasteiger partial charge in [-0.25, -0.2) is 9.13 Å². The summed E-state index contributed by atoms with van der Waals surface area (Å²) >= 11 is 0. The van der Waals surface area contributed by atoms with Crippen molar-refractivity contribution < 1.29 is 49.7 Å². The van der Waals surface area contributed by atoms with Crippen LogP contribution in [0.2, 0.25) is 0 Å². The van der Waals surface area contributed by atoms with E-state index in [4.69, 9.17) is 0 Å². The van der Waals surface area contributed by atoms with Crippen LogP contribution in [-0.4, -0.2) is 25.4 Å². The van der Waals surface area contributed by atoms with E-state index in [9.17, 15) is 35.3 Å². The van der Waals surface area contributed by atoms with Crippen molar-refractivity contribution in [1.82, 2.24) is 0 Å². The van der Waals surface area contributed by atoms with E-state index in [1.54, 1.807) is 0 Å². The van der Waals surface area contributed by atoms with Gasteiger partial charge in [0.1, 0.15) is 0 Å². The lowest BCUT2D eigenvalue weighted by Crippen LogP contribution is -2.49. The van der Waals surface area contributed by atoms with Gasteiger partial charge in [-0.05, 0) is 4.53 Å². The Labute approximate surface area is 76.4 Å². The number of hydrogen-bond donors (Lipinski definition) is 0. The first kappa shape index (κ1) is 14.3. The Kier molecular flexibility index (Phi) is 4.25. The van der Waals surface area contributed by atoms with Gasteiger partial charge in [-0.2, -0.15) is 17.6 Å². The van der Waals surface area contributed by atoms with Gasteiger partial charge >= 0.3 is 18.5 Å². The second-order valence-electron chi connectivity index (χ2n) is 1.93. The van der Waals surface area contributed by atoms with Crippen molar-refractivity contribution in [2.45, 2.75) is 18.5 Å². The smallest absolute Gasteiger partial charge is 0.281 e. The molecule has 0 aliphatic heterocycles. The molecule has 11 heteroatoms. The molecule has 0 aromatic carbocycles. The van der Waals surface area contributed by atoms with E-state index in [1.165, 1.54) is 4.94 Å². The van der Waals surface area contributed by atoms with Crippen LogP contribution in [0.4, 0.5) is 35.3 Å². The number of alkyl halides is 7. The van der Waals surface area contributed by atoms with Crippen molar-refractivity contribution >= 4 is 0 Å². The first-order valence-electron chi connectivity index (χ1n) is 2.91. The number of rotatable bonds is 6. The summed E-state index contributed by atoms with van der Waals surface area (Å²) in [4.78, 5) is 1.53. The minimum atomic E-state index is -5.98. The van der Waals surface area contributed by atoms with E-state index < -0.39 is 25.4 Å². The van der Waals surface area contributed by atoms with Gasteiger partial charge in [0.25, 0.3) is 0 Å². The van der Waals surface area contributed by atoms with Crippen LogP contribution in [0.5, 0.6) is 0 Å². The first-order chi connectivity index (χ1) is 6.58. The molecule has 0 aromatic rings. The summed E-state index contributed by atoms with van der Waals surface area (Å²) < 4.78 is 97.9. The van der Waals surface area contributed by atoms with Gasteiger partial charge in [0.2, 0.25) is 0 Å². The Morgan fingerprint density at radius 1 is 0.867 bits per heavy atom. The second kappa shape index (κ2) is 4.45. The fourth-order valence-electron chi connectivity index (χ4n) is 0.377. The predicted octanol–water partition coefficient (Wildman–Crippen LogP) is 2.58. The molecule has 0 aliphatic rings. The van der Waals surface area contributed by atoms with Crippen molar-refractivity contribution in [2.75, 3.05) is 6.86 Å². The molecule has 0 fully saturated rings. The van der Waals surface area contributed by atoms with Gasteiger partial charge in [0, 0.05) is 0 Å². The monoisotopic (exact) mass is 250 g/mol. The highest BCUT2D eigenvalue weighted by Crippen LogP contribution is 2.40. The molecule has 0 saturated heterocycles. The van der Waals surface area contributed by atoms with Gasteiger partial charge in [-0.15, -0.1) is 8.78 Å². The molecule has 92 valence electrons. The SMILES string of the molecule is FCOC(F)(F)C(F)(F)OC(F)(F)OF. The lowest BCUT2D eigenvalue weighted by molar-refractivity contribution is -0.556. The fourth-order valence-corrected chi connectivity index (χ4v) is 0.377. The van der Waals surface area contributed by atoms with E-state index in [0.717, 1.165) is 0 Å². The summed E-state index contributed by atoms with van der Waals surface area (Å²) in [7, 11) is 0. The summed E-state index contributed by atoms with van der Waals surface area (Å²) in [6, 6.07) is 0. The van der Waals surface area contributed by atoms with Crippen LogP contribution in [0.25, 0.3) is 0 Å². The standard InChI is InChI=1S/C4H2F8O3/c5-1-13-2(6,7)3(8,9)14-4(10,11)15-12/h1H2. The Morgan fingerprint density at radius 2 is 1.33 bits per heavy atom. The lowest BCUT2D eigenvalue weighted by atomic mass is 10.6. The molecule has 0 aliphatic carbocycles. The maximum absolute atomic E-state index is 12.1. The Hall–Kier alpha value is -0.680. The summed E-state index contributed by atoms with van der Waals surface area (Å²) in [5, 5.41) is 0. The lowest BCUT2D eigenvalue weighted by Gasteiger charge is -2.25. The maximum Gasteiger partial charge on any atom is 0.521 e. The molecule has 0 unspecified atom stereocenters. The summed E-state index contributed by atoms with van der Waals surface area (Å²) in [5.41, 5.74) is 0. The normalized spacial score (nSPS) is 14.4. The average Bonchev–Trinajstić information content (AvgIpc) is 2.02. The molecule has 3 nitrogen and oxygen atoms in total. The molecule has 0 spiro atoms. The van der Waals surface area contributed by atoms with Crippen LogP contribution in [0.1, 0.15) is 0 Å². The Bertz CT molecular complexity index is 206. The topological polar surface area (TPSA) is 27.7 Å². The van der Waals surface area contributed by atoms with Gasteiger partial charge < -0.3 is 0 Å². The zero-order valence-electron chi connectivity index (χ0n) is 6.46. The molecule has 15 heavy (non-hydrogen) atoms. The second-order valence-corrected chi connectivity index (χ2v) is 1.93. The molecule has 0 N–H and O–H groups in total. The molecule has 0 heterocycles. The molecule has 0 amide bonds. The Morgan fingerprint density at radius 3 is 1.67 bits per heavy atom. The van der Waals surface area contributed by atoms with Gasteiger partial charge in [0.05, 0.1) is 0 Å². The Balaban J connectivity index is 4.67. The zero-order valence-corrected chi connectivity index (χ0v) is 6.46. The quantitative estimate of drug-likeness (QED) is 0.535. The molecule has 0 radical (unpaired) electrons. The van der Waals surface area contributed by atoms with Gasteiger partial charge in [0.15, 0.2) is 6.86 Å². The molecular weight excluding hydrogens is 248 g/mol. The molecule has 0 rings (SSSR count). The number of ether oxygens (including phenoxy) is 2. The van der Waals surface area contributed by atoms with E-state index in [0.29, 0.717) is 0 Å². The van der Waals surface area contributed by atoms with Crippen molar-refractivity contribution in [2.24, 2.45) is 0 Å². The van der Waals surface area contributed by atoms with Crippen molar-refractivity contribution in [3.63, 3.8) is 0 Å². The molecule has 0 atom stereocenters. The highest BCUT2D eigenvalue weighted by Gasteiger charge is 2.65. The molecule has 0 bridgehead atoms. The zero-order chi connectivity index (χ0) is 12.3. The van der Waals surface area contributed by atoms with Crippen LogP contribution in [0.3, 0.4) is 0 Å². The third-order valence-corrected chi connectivity index (χ3v) is 0.911. The van der Waals surface area contributed by atoms with E-state index in [1.807, 2.05) is 4.74 Å². The summed E-state index contributed by atoms with van der Waals surface area (Å²) in [6.45, 7) is -2.39. The largest absolute Gasteiger partial charge is 0.521 e. The van der Waals surface area contributed by atoms with Gasteiger partial charge in [-0.1, -0.05) is 4.94 Å². The average molecular weight is 250 g/mol.